The molecule has 1 rings (SSSR count). The number of amides is 1. The van der Waals surface area contributed by atoms with E-state index in [-0.39, 0.29) is 0 Å². The lowest BCUT2D eigenvalue weighted by molar-refractivity contribution is -0.243. The van der Waals surface area contributed by atoms with Crippen molar-refractivity contribution in [1.29, 1.82) is 0 Å². The minimum Gasteiger partial charge on any atom is -0.477 e. The number of aliphatic hydroxyl groups is 2. The maximum Gasteiger partial charge on any atom is 0.367 e. The van der Waals surface area contributed by atoms with Crippen molar-refractivity contribution in [3.63, 3.8) is 0 Å². The second kappa shape index (κ2) is 5.58. The van der Waals surface area contributed by atoms with Gasteiger partial charge in [0.15, 0.2) is 6.10 Å². The summed E-state index contributed by atoms with van der Waals surface area (Å²) >= 11 is 0. The van der Waals surface area contributed by atoms with Gasteiger partial charge >= 0.3 is 11.8 Å². The number of aliphatic hydroxyl groups excluding tert-OH is 1. The fourth-order valence-electron chi connectivity index (χ4n) is 1.23. The molecule has 0 saturated heterocycles. The molecule has 1 amide bonds. The quantitative estimate of drug-likeness (QED) is 0.522. The van der Waals surface area contributed by atoms with Crippen LogP contribution < -0.4 is 5.32 Å². The fraction of sp³-hybridized carbons (Fsp3) is 0.273. The topological polar surface area (TPSA) is 116 Å². The SMILES string of the molecule is COC(O)(C(=O)O)C(O)C(=O)Nc1ccccc1. The van der Waals surface area contributed by atoms with Gasteiger partial charge in [0.2, 0.25) is 0 Å². The Labute approximate surface area is 103 Å². The summed E-state index contributed by atoms with van der Waals surface area (Å²) in [5.41, 5.74) is 0.352. The molecule has 0 saturated carbocycles. The summed E-state index contributed by atoms with van der Waals surface area (Å²) in [6.45, 7) is 0. The van der Waals surface area contributed by atoms with Crippen LogP contribution in [-0.4, -0.2) is 46.2 Å². The molecule has 0 aromatic heterocycles. The summed E-state index contributed by atoms with van der Waals surface area (Å²) < 4.78 is 4.27. The Hall–Kier alpha value is -1.96. The van der Waals surface area contributed by atoms with Gasteiger partial charge in [0.25, 0.3) is 5.91 Å². The number of rotatable bonds is 5. The van der Waals surface area contributed by atoms with Crippen LogP contribution in [0.3, 0.4) is 0 Å². The minimum atomic E-state index is -2.99. The molecule has 0 radical (unpaired) electrons. The molecule has 1 aromatic carbocycles. The summed E-state index contributed by atoms with van der Waals surface area (Å²) in [4.78, 5) is 22.3. The third kappa shape index (κ3) is 2.83. The number of nitrogens with one attached hydrogen (secondary N) is 1. The summed E-state index contributed by atoms with van der Waals surface area (Å²) in [7, 11) is 0.868. The molecule has 0 aliphatic carbocycles. The van der Waals surface area contributed by atoms with Gasteiger partial charge in [-0.2, -0.15) is 0 Å². The highest BCUT2D eigenvalue weighted by molar-refractivity contribution is 5.98. The number of benzene rings is 1. The number of para-hydroxylation sites is 1. The zero-order chi connectivity index (χ0) is 13.8. The minimum absolute atomic E-state index is 0.352. The first-order valence-electron chi connectivity index (χ1n) is 4.96. The van der Waals surface area contributed by atoms with Gasteiger partial charge in [-0.25, -0.2) is 4.79 Å². The van der Waals surface area contributed by atoms with Gasteiger partial charge in [-0.1, -0.05) is 18.2 Å². The van der Waals surface area contributed by atoms with Crippen LogP contribution in [0.4, 0.5) is 5.69 Å². The Morgan fingerprint density at radius 3 is 2.33 bits per heavy atom. The van der Waals surface area contributed by atoms with Crippen molar-refractivity contribution in [2.75, 3.05) is 12.4 Å². The van der Waals surface area contributed by atoms with Gasteiger partial charge in [0.05, 0.1) is 0 Å². The van der Waals surface area contributed by atoms with Crippen LogP contribution in [0.5, 0.6) is 0 Å². The molecule has 0 heterocycles. The van der Waals surface area contributed by atoms with E-state index in [1.165, 1.54) is 12.1 Å². The summed E-state index contributed by atoms with van der Waals surface area (Å²) in [6, 6.07) is 8.08. The summed E-state index contributed by atoms with van der Waals surface area (Å²) in [5, 5.41) is 29.9. The van der Waals surface area contributed by atoms with Crippen molar-refractivity contribution < 1.29 is 29.6 Å². The van der Waals surface area contributed by atoms with Crippen LogP contribution in [-0.2, 0) is 14.3 Å². The molecule has 98 valence electrons. The molecular formula is C11H13NO6. The lowest BCUT2D eigenvalue weighted by atomic mass is 10.1. The van der Waals surface area contributed by atoms with E-state index < -0.39 is 23.8 Å². The predicted octanol–water partition coefficient (Wildman–Crippen LogP) is -0.594. The predicted molar refractivity (Wildman–Crippen MR) is 60.7 cm³/mol. The summed E-state index contributed by atoms with van der Waals surface area (Å²) in [5.74, 6) is -5.94. The Balaban J connectivity index is 2.81. The number of carboxylic acids is 1. The van der Waals surface area contributed by atoms with E-state index in [0.29, 0.717) is 5.69 Å². The van der Waals surface area contributed by atoms with Gasteiger partial charge in [0.1, 0.15) is 0 Å². The first kappa shape index (κ1) is 14.1. The van der Waals surface area contributed by atoms with Crippen molar-refractivity contribution >= 4 is 17.6 Å². The van der Waals surface area contributed by atoms with Crippen LogP contribution >= 0.6 is 0 Å². The molecule has 7 nitrogen and oxygen atoms in total. The van der Waals surface area contributed by atoms with Crippen molar-refractivity contribution in [2.24, 2.45) is 0 Å². The molecule has 0 aliphatic heterocycles. The summed E-state index contributed by atoms with van der Waals surface area (Å²) in [6.07, 6.45) is -2.26. The lowest BCUT2D eigenvalue weighted by Crippen LogP contribution is -2.56. The number of methoxy groups -OCH3 is 1. The van der Waals surface area contributed by atoms with Crippen LogP contribution in [0.15, 0.2) is 30.3 Å². The third-order valence-corrected chi connectivity index (χ3v) is 2.28. The largest absolute Gasteiger partial charge is 0.477 e. The average Bonchev–Trinajstić information content (AvgIpc) is 2.37. The van der Waals surface area contributed by atoms with Crippen LogP contribution in [0.2, 0.25) is 0 Å². The molecule has 18 heavy (non-hydrogen) atoms. The first-order valence-corrected chi connectivity index (χ1v) is 4.96. The van der Waals surface area contributed by atoms with Crippen molar-refractivity contribution in [1.82, 2.24) is 0 Å². The first-order chi connectivity index (χ1) is 8.41. The smallest absolute Gasteiger partial charge is 0.367 e. The van der Waals surface area contributed by atoms with Crippen molar-refractivity contribution in [2.45, 2.75) is 11.9 Å². The number of carbonyl (C=O) groups is 2. The van der Waals surface area contributed by atoms with Gasteiger partial charge in [0, 0.05) is 12.8 Å². The van der Waals surface area contributed by atoms with Crippen LogP contribution in [0, 0.1) is 0 Å². The van der Waals surface area contributed by atoms with Crippen molar-refractivity contribution in [3.05, 3.63) is 30.3 Å². The van der Waals surface area contributed by atoms with E-state index in [1.807, 2.05) is 0 Å². The average molecular weight is 255 g/mol. The van der Waals surface area contributed by atoms with Gasteiger partial charge in [-0.3, -0.25) is 4.79 Å². The Morgan fingerprint density at radius 1 is 1.33 bits per heavy atom. The number of carbonyl (C=O) groups excluding carboxylic acids is 1. The number of hydrogen-bond donors (Lipinski definition) is 4. The van der Waals surface area contributed by atoms with Gasteiger partial charge in [-0.05, 0) is 12.1 Å². The number of aliphatic carboxylic acids is 1. The van der Waals surface area contributed by atoms with E-state index in [9.17, 15) is 19.8 Å². The van der Waals surface area contributed by atoms with Gasteiger partial charge < -0.3 is 25.4 Å². The standard InChI is InChI=1S/C11H13NO6/c1-18-11(17,10(15)16)8(13)9(14)12-7-5-3-2-4-6-7/h2-6,8,13,17H,1H3,(H,12,14)(H,15,16). The number of anilines is 1. The molecule has 0 spiro atoms. The monoisotopic (exact) mass is 255 g/mol. The molecule has 1 aromatic rings. The highest BCUT2D eigenvalue weighted by atomic mass is 16.7. The Kier molecular flexibility index (Phi) is 4.38. The lowest BCUT2D eigenvalue weighted by Gasteiger charge is -2.25. The van der Waals surface area contributed by atoms with Crippen LogP contribution in [0.25, 0.3) is 0 Å². The number of ether oxygens (including phenoxy) is 1. The molecule has 2 unspecified atom stereocenters. The number of carboxylic acid groups (broad SMARTS) is 1. The normalized spacial score (nSPS) is 15.5. The van der Waals surface area contributed by atoms with Crippen LogP contribution in [0.1, 0.15) is 0 Å². The fourth-order valence-corrected chi connectivity index (χ4v) is 1.23. The zero-order valence-electron chi connectivity index (χ0n) is 9.53. The molecule has 2 atom stereocenters. The Morgan fingerprint density at radius 2 is 1.89 bits per heavy atom. The molecule has 0 fully saturated rings. The number of hydrogen-bond acceptors (Lipinski definition) is 5. The second-order valence-electron chi connectivity index (χ2n) is 3.46. The van der Waals surface area contributed by atoms with E-state index in [2.05, 4.69) is 10.1 Å². The van der Waals surface area contributed by atoms with E-state index >= 15 is 0 Å². The maximum atomic E-state index is 11.6. The molecule has 4 N–H and O–H groups in total. The van der Waals surface area contributed by atoms with Gasteiger partial charge in [-0.15, -0.1) is 0 Å². The molecule has 7 heteroatoms. The molecule has 0 bridgehead atoms. The second-order valence-corrected chi connectivity index (χ2v) is 3.46. The highest BCUT2D eigenvalue weighted by Gasteiger charge is 2.48. The molecule has 0 aliphatic rings. The van der Waals surface area contributed by atoms with E-state index in [0.717, 1.165) is 7.11 Å². The van der Waals surface area contributed by atoms with E-state index in [4.69, 9.17) is 5.11 Å². The van der Waals surface area contributed by atoms with E-state index in [1.54, 1.807) is 18.2 Å². The Bertz CT molecular complexity index is 434. The highest BCUT2D eigenvalue weighted by Crippen LogP contribution is 2.15. The maximum absolute atomic E-state index is 11.6. The molecular weight excluding hydrogens is 242 g/mol. The third-order valence-electron chi connectivity index (χ3n) is 2.28. The zero-order valence-corrected chi connectivity index (χ0v) is 9.53. The van der Waals surface area contributed by atoms with Crippen molar-refractivity contribution in [3.8, 4) is 0 Å².